The van der Waals surface area contributed by atoms with E-state index in [9.17, 15) is 5.11 Å². The highest BCUT2D eigenvalue weighted by atomic mass is 16.5. The largest absolute Gasteiger partial charge is 0.490 e. The van der Waals surface area contributed by atoms with Gasteiger partial charge in [-0.15, -0.1) is 0 Å². The molecule has 1 heterocycles. The van der Waals surface area contributed by atoms with Gasteiger partial charge in [-0.2, -0.15) is 0 Å². The molecule has 2 rings (SSSR count). The van der Waals surface area contributed by atoms with Crippen LogP contribution in [-0.2, 0) is 4.74 Å². The second-order valence-corrected chi connectivity index (χ2v) is 4.65. The number of hydrogen-bond acceptors (Lipinski definition) is 3. The predicted octanol–water partition coefficient (Wildman–Crippen LogP) is 2.61. The van der Waals surface area contributed by atoms with E-state index in [1.807, 2.05) is 25.1 Å². The van der Waals surface area contributed by atoms with Gasteiger partial charge in [0.05, 0.1) is 19.3 Å². The van der Waals surface area contributed by atoms with Gasteiger partial charge < -0.3 is 14.6 Å². The summed E-state index contributed by atoms with van der Waals surface area (Å²) < 4.78 is 11.3. The van der Waals surface area contributed by atoms with Gasteiger partial charge in [0.2, 0.25) is 0 Å². The maximum atomic E-state index is 9.72. The summed E-state index contributed by atoms with van der Waals surface area (Å²) in [5.74, 6) is 0.812. The van der Waals surface area contributed by atoms with Crippen LogP contribution in [0.1, 0.15) is 37.0 Å². The molecule has 0 amide bonds. The molecule has 1 aromatic carbocycles. The van der Waals surface area contributed by atoms with Gasteiger partial charge >= 0.3 is 0 Å². The Morgan fingerprint density at radius 1 is 1.35 bits per heavy atom. The van der Waals surface area contributed by atoms with E-state index in [-0.39, 0.29) is 6.10 Å². The lowest BCUT2D eigenvalue weighted by atomic mass is 10.1. The highest BCUT2D eigenvalue weighted by Gasteiger charge is 2.18. The summed E-state index contributed by atoms with van der Waals surface area (Å²) in [7, 11) is 0. The SMILES string of the molecule is Cc1ccc([C@H](C)O)c(OC2CCOCC2)c1. The normalized spacial score (nSPS) is 19.0. The molecule has 17 heavy (non-hydrogen) atoms. The Morgan fingerprint density at radius 2 is 2.06 bits per heavy atom. The van der Waals surface area contributed by atoms with Gasteiger partial charge in [0, 0.05) is 18.4 Å². The van der Waals surface area contributed by atoms with Crippen molar-refractivity contribution in [3.63, 3.8) is 0 Å². The third-order valence-corrected chi connectivity index (χ3v) is 3.08. The fraction of sp³-hybridized carbons (Fsp3) is 0.571. The molecule has 94 valence electrons. The Hall–Kier alpha value is -1.06. The Kier molecular flexibility index (Phi) is 4.02. The monoisotopic (exact) mass is 236 g/mol. The van der Waals surface area contributed by atoms with Crippen molar-refractivity contribution in [3.8, 4) is 5.75 Å². The third-order valence-electron chi connectivity index (χ3n) is 3.08. The molecule has 0 aromatic heterocycles. The minimum atomic E-state index is -0.495. The van der Waals surface area contributed by atoms with Gasteiger partial charge in [-0.1, -0.05) is 12.1 Å². The van der Waals surface area contributed by atoms with Gasteiger partial charge in [0.25, 0.3) is 0 Å². The number of rotatable bonds is 3. The van der Waals surface area contributed by atoms with Crippen molar-refractivity contribution >= 4 is 0 Å². The van der Waals surface area contributed by atoms with Crippen LogP contribution in [0.5, 0.6) is 5.75 Å². The van der Waals surface area contributed by atoms with Crippen LogP contribution in [0.4, 0.5) is 0 Å². The lowest BCUT2D eigenvalue weighted by Crippen LogP contribution is -2.26. The van der Waals surface area contributed by atoms with Gasteiger partial charge in [-0.05, 0) is 25.5 Å². The second-order valence-electron chi connectivity index (χ2n) is 4.65. The van der Waals surface area contributed by atoms with E-state index in [1.165, 1.54) is 0 Å². The molecule has 1 saturated heterocycles. The fourth-order valence-corrected chi connectivity index (χ4v) is 2.06. The molecule has 1 aliphatic rings. The molecule has 1 aliphatic heterocycles. The number of aryl methyl sites for hydroxylation is 1. The smallest absolute Gasteiger partial charge is 0.125 e. The third kappa shape index (κ3) is 3.20. The van der Waals surface area contributed by atoms with Gasteiger partial charge in [-0.25, -0.2) is 0 Å². The van der Waals surface area contributed by atoms with Crippen LogP contribution in [0.2, 0.25) is 0 Å². The zero-order valence-corrected chi connectivity index (χ0v) is 10.5. The summed E-state index contributed by atoms with van der Waals surface area (Å²) >= 11 is 0. The van der Waals surface area contributed by atoms with E-state index in [0.717, 1.165) is 42.9 Å². The van der Waals surface area contributed by atoms with Crippen molar-refractivity contribution in [1.82, 2.24) is 0 Å². The predicted molar refractivity (Wildman–Crippen MR) is 66.3 cm³/mol. The van der Waals surface area contributed by atoms with Crippen LogP contribution in [0.3, 0.4) is 0 Å². The molecule has 1 aromatic rings. The van der Waals surface area contributed by atoms with Gasteiger partial charge in [0.1, 0.15) is 11.9 Å². The van der Waals surface area contributed by atoms with Crippen LogP contribution < -0.4 is 4.74 Å². The topological polar surface area (TPSA) is 38.7 Å². The van der Waals surface area contributed by atoms with Gasteiger partial charge in [-0.3, -0.25) is 0 Å². The van der Waals surface area contributed by atoms with Crippen LogP contribution in [0.25, 0.3) is 0 Å². The number of benzene rings is 1. The maximum Gasteiger partial charge on any atom is 0.125 e. The highest BCUT2D eigenvalue weighted by molar-refractivity contribution is 5.38. The van der Waals surface area contributed by atoms with Crippen LogP contribution in [0.15, 0.2) is 18.2 Å². The summed E-state index contributed by atoms with van der Waals surface area (Å²) in [5, 5.41) is 9.72. The second kappa shape index (κ2) is 5.52. The molecule has 1 fully saturated rings. The minimum Gasteiger partial charge on any atom is -0.490 e. The van der Waals surface area contributed by atoms with Gasteiger partial charge in [0.15, 0.2) is 0 Å². The van der Waals surface area contributed by atoms with Crippen molar-refractivity contribution in [2.45, 2.75) is 38.9 Å². The van der Waals surface area contributed by atoms with E-state index in [1.54, 1.807) is 6.92 Å². The van der Waals surface area contributed by atoms with Crippen LogP contribution in [0, 0.1) is 6.92 Å². The zero-order valence-electron chi connectivity index (χ0n) is 10.5. The number of hydrogen-bond donors (Lipinski definition) is 1. The summed E-state index contributed by atoms with van der Waals surface area (Å²) in [5.41, 5.74) is 2.01. The Labute approximate surface area is 102 Å². The summed E-state index contributed by atoms with van der Waals surface area (Å²) in [6, 6.07) is 5.94. The average molecular weight is 236 g/mol. The molecule has 0 bridgehead atoms. The lowest BCUT2D eigenvalue weighted by Gasteiger charge is -2.25. The van der Waals surface area contributed by atoms with Crippen molar-refractivity contribution in [2.24, 2.45) is 0 Å². The van der Waals surface area contributed by atoms with Crippen molar-refractivity contribution < 1.29 is 14.6 Å². The molecule has 1 N–H and O–H groups in total. The first-order valence-electron chi connectivity index (χ1n) is 6.20. The van der Waals surface area contributed by atoms with E-state index in [0.29, 0.717) is 0 Å². The highest BCUT2D eigenvalue weighted by Crippen LogP contribution is 2.28. The van der Waals surface area contributed by atoms with Crippen molar-refractivity contribution in [2.75, 3.05) is 13.2 Å². The van der Waals surface area contributed by atoms with Crippen LogP contribution >= 0.6 is 0 Å². The average Bonchev–Trinajstić information content (AvgIpc) is 2.30. The first-order valence-corrected chi connectivity index (χ1v) is 6.20. The van der Waals surface area contributed by atoms with Crippen molar-refractivity contribution in [1.29, 1.82) is 0 Å². The molecule has 1 atom stereocenters. The van der Waals surface area contributed by atoms with Crippen molar-refractivity contribution in [3.05, 3.63) is 29.3 Å². The maximum absolute atomic E-state index is 9.72. The molecule has 0 spiro atoms. The number of ether oxygens (including phenoxy) is 2. The minimum absolute atomic E-state index is 0.211. The molecule has 0 radical (unpaired) electrons. The Balaban J connectivity index is 2.14. The van der Waals surface area contributed by atoms with E-state index in [4.69, 9.17) is 9.47 Å². The molecule has 0 unspecified atom stereocenters. The Bertz CT molecular complexity index is 368. The lowest BCUT2D eigenvalue weighted by molar-refractivity contribution is 0.0242. The summed E-state index contributed by atoms with van der Waals surface area (Å²) in [6.45, 7) is 5.32. The molecular formula is C14H20O3. The van der Waals surface area contributed by atoms with E-state index < -0.39 is 6.10 Å². The quantitative estimate of drug-likeness (QED) is 0.876. The number of aliphatic hydroxyl groups excluding tert-OH is 1. The summed E-state index contributed by atoms with van der Waals surface area (Å²) in [4.78, 5) is 0. The standard InChI is InChI=1S/C14H20O3/c1-10-3-4-13(11(2)15)14(9-10)17-12-5-7-16-8-6-12/h3-4,9,11-12,15H,5-8H2,1-2H3/t11-/m0/s1. The fourth-order valence-electron chi connectivity index (χ4n) is 2.06. The Morgan fingerprint density at radius 3 is 2.71 bits per heavy atom. The molecule has 0 aliphatic carbocycles. The molecule has 3 nitrogen and oxygen atoms in total. The molecular weight excluding hydrogens is 216 g/mol. The first-order chi connectivity index (χ1) is 8.16. The number of aliphatic hydroxyl groups is 1. The molecule has 0 saturated carbocycles. The van der Waals surface area contributed by atoms with E-state index in [2.05, 4.69) is 0 Å². The van der Waals surface area contributed by atoms with Crippen LogP contribution in [-0.4, -0.2) is 24.4 Å². The summed E-state index contributed by atoms with van der Waals surface area (Å²) in [6.07, 6.45) is 1.56. The molecule has 3 heteroatoms. The van der Waals surface area contributed by atoms with E-state index >= 15 is 0 Å². The first kappa shape index (κ1) is 12.4. The zero-order chi connectivity index (χ0) is 12.3.